The van der Waals surface area contributed by atoms with Crippen molar-refractivity contribution < 1.29 is 19.0 Å². The molecule has 0 saturated carbocycles. The summed E-state index contributed by atoms with van der Waals surface area (Å²) in [6.45, 7) is 4.55. The number of rotatable bonds is 7. The number of ether oxygens (including phenoxy) is 2. The van der Waals surface area contributed by atoms with Gasteiger partial charge in [-0.3, -0.25) is 0 Å². The Morgan fingerprint density at radius 2 is 1.69 bits per heavy atom. The smallest absolute Gasteiger partial charge is 0.221 e. The topological polar surface area (TPSA) is 117 Å². The van der Waals surface area contributed by atoms with Crippen LogP contribution in [-0.2, 0) is 6.42 Å². The van der Waals surface area contributed by atoms with Gasteiger partial charge in [0.1, 0.15) is 17.3 Å². The Hall–Kier alpha value is -3.55. The molecule has 2 aromatic carbocycles. The average molecular weight is 398 g/mol. The molecule has 0 radical (unpaired) electrons. The number of hydrogen-bond donors (Lipinski definition) is 3. The fourth-order valence-electron chi connectivity index (χ4n) is 3.02. The molecule has 1 heterocycles. The SMILES string of the molecule is CCOc1cc(Cc2cnc(N)nc2N)cc(OCC)c1-c1ccc(O)c(F)c1. The average Bonchev–Trinajstić information content (AvgIpc) is 2.67. The molecule has 0 aliphatic carbocycles. The lowest BCUT2D eigenvalue weighted by Crippen LogP contribution is -2.05. The molecule has 7 nitrogen and oxygen atoms in total. The maximum atomic E-state index is 14.0. The monoisotopic (exact) mass is 398 g/mol. The van der Waals surface area contributed by atoms with Crippen LogP contribution in [-0.4, -0.2) is 28.3 Å². The van der Waals surface area contributed by atoms with E-state index < -0.39 is 11.6 Å². The molecule has 0 fully saturated rings. The van der Waals surface area contributed by atoms with Gasteiger partial charge in [-0.15, -0.1) is 0 Å². The van der Waals surface area contributed by atoms with E-state index in [1.54, 1.807) is 12.3 Å². The number of nitrogens with zero attached hydrogens (tertiary/aromatic N) is 2. The molecule has 3 rings (SSSR count). The molecule has 5 N–H and O–H groups in total. The van der Waals surface area contributed by atoms with E-state index in [9.17, 15) is 9.50 Å². The van der Waals surface area contributed by atoms with Gasteiger partial charge in [-0.2, -0.15) is 4.98 Å². The maximum Gasteiger partial charge on any atom is 0.221 e. The lowest BCUT2D eigenvalue weighted by atomic mass is 9.98. The first-order valence-corrected chi connectivity index (χ1v) is 9.21. The maximum absolute atomic E-state index is 14.0. The summed E-state index contributed by atoms with van der Waals surface area (Å²) >= 11 is 0. The van der Waals surface area contributed by atoms with Gasteiger partial charge < -0.3 is 26.0 Å². The van der Waals surface area contributed by atoms with Gasteiger partial charge >= 0.3 is 0 Å². The third kappa shape index (κ3) is 4.48. The summed E-state index contributed by atoms with van der Waals surface area (Å²) in [5.41, 5.74) is 14.2. The van der Waals surface area contributed by atoms with Crippen LogP contribution in [0.1, 0.15) is 25.0 Å². The van der Waals surface area contributed by atoms with Gasteiger partial charge in [0.25, 0.3) is 0 Å². The van der Waals surface area contributed by atoms with Crippen molar-refractivity contribution in [3.05, 3.63) is 53.5 Å². The molecule has 29 heavy (non-hydrogen) atoms. The Balaban J connectivity index is 2.11. The van der Waals surface area contributed by atoms with Gasteiger partial charge in [0.05, 0.1) is 18.8 Å². The zero-order valence-corrected chi connectivity index (χ0v) is 16.3. The first-order valence-electron chi connectivity index (χ1n) is 9.21. The number of aromatic hydroxyl groups is 1. The van der Waals surface area contributed by atoms with Crippen molar-refractivity contribution in [3.8, 4) is 28.4 Å². The molecule has 152 valence electrons. The largest absolute Gasteiger partial charge is 0.505 e. The minimum Gasteiger partial charge on any atom is -0.505 e. The predicted molar refractivity (Wildman–Crippen MR) is 110 cm³/mol. The number of nitrogen functional groups attached to an aromatic ring is 2. The molecular weight excluding hydrogens is 375 g/mol. The molecule has 0 bridgehead atoms. The second kappa shape index (κ2) is 8.64. The standard InChI is InChI=1S/C21H23FN4O3/c1-3-28-17-8-12(7-14-11-25-21(24)26-20(14)23)9-18(29-4-2)19(17)13-5-6-16(27)15(22)10-13/h5-6,8-11,27H,3-4,7H2,1-2H3,(H4,23,24,25,26). The highest BCUT2D eigenvalue weighted by atomic mass is 19.1. The first kappa shape index (κ1) is 20.2. The highest BCUT2D eigenvalue weighted by molar-refractivity contribution is 5.78. The Bertz CT molecular complexity index is 1000. The van der Waals surface area contributed by atoms with E-state index >= 15 is 0 Å². The van der Waals surface area contributed by atoms with Crippen molar-refractivity contribution in [3.63, 3.8) is 0 Å². The molecular formula is C21H23FN4O3. The number of aromatic nitrogens is 2. The summed E-state index contributed by atoms with van der Waals surface area (Å²) in [6.07, 6.45) is 2.03. The van der Waals surface area contributed by atoms with E-state index in [0.717, 1.165) is 5.56 Å². The second-order valence-electron chi connectivity index (χ2n) is 6.31. The molecule has 0 atom stereocenters. The summed E-state index contributed by atoms with van der Waals surface area (Å²) in [6, 6.07) is 7.87. The molecule has 0 unspecified atom stereocenters. The number of phenolic OH excluding ortho intramolecular Hbond substituents is 1. The van der Waals surface area contributed by atoms with Crippen molar-refractivity contribution in [1.29, 1.82) is 0 Å². The second-order valence-corrected chi connectivity index (χ2v) is 6.31. The molecule has 0 amide bonds. The van der Waals surface area contributed by atoms with Gasteiger partial charge in [0.15, 0.2) is 11.6 Å². The molecule has 0 aliphatic heterocycles. The Kier molecular flexibility index (Phi) is 6.01. The van der Waals surface area contributed by atoms with Gasteiger partial charge in [0, 0.05) is 18.2 Å². The van der Waals surface area contributed by atoms with Crippen LogP contribution in [0.3, 0.4) is 0 Å². The van der Waals surface area contributed by atoms with Crippen LogP contribution >= 0.6 is 0 Å². The van der Waals surface area contributed by atoms with Crippen molar-refractivity contribution in [2.24, 2.45) is 0 Å². The Morgan fingerprint density at radius 1 is 1.03 bits per heavy atom. The van der Waals surface area contributed by atoms with Crippen LogP contribution in [0.4, 0.5) is 16.2 Å². The number of phenols is 1. The van der Waals surface area contributed by atoms with Crippen molar-refractivity contribution in [2.45, 2.75) is 20.3 Å². The zero-order chi connectivity index (χ0) is 21.0. The number of anilines is 2. The Morgan fingerprint density at radius 3 is 2.24 bits per heavy atom. The van der Waals surface area contributed by atoms with E-state index in [-0.39, 0.29) is 5.95 Å². The van der Waals surface area contributed by atoms with E-state index in [1.807, 2.05) is 26.0 Å². The fraction of sp³-hybridized carbons (Fsp3) is 0.238. The quantitative estimate of drug-likeness (QED) is 0.557. The Labute approximate surface area is 168 Å². The van der Waals surface area contributed by atoms with E-state index in [4.69, 9.17) is 20.9 Å². The van der Waals surface area contributed by atoms with Crippen LogP contribution in [0.5, 0.6) is 17.2 Å². The normalized spacial score (nSPS) is 10.7. The minimum atomic E-state index is -0.719. The summed E-state index contributed by atoms with van der Waals surface area (Å²) in [5, 5.41) is 9.52. The van der Waals surface area contributed by atoms with Gasteiger partial charge in [0.2, 0.25) is 5.95 Å². The van der Waals surface area contributed by atoms with Crippen LogP contribution in [0.15, 0.2) is 36.5 Å². The van der Waals surface area contributed by atoms with E-state index in [2.05, 4.69) is 9.97 Å². The first-order chi connectivity index (χ1) is 13.9. The zero-order valence-electron chi connectivity index (χ0n) is 16.3. The highest BCUT2D eigenvalue weighted by Gasteiger charge is 2.18. The summed E-state index contributed by atoms with van der Waals surface area (Å²) in [5.74, 6) is 0.351. The number of benzene rings is 2. The van der Waals surface area contributed by atoms with Crippen LogP contribution in [0.2, 0.25) is 0 Å². The van der Waals surface area contributed by atoms with Gasteiger partial charge in [-0.1, -0.05) is 6.07 Å². The van der Waals surface area contributed by atoms with Crippen LogP contribution in [0.25, 0.3) is 11.1 Å². The van der Waals surface area contributed by atoms with Crippen molar-refractivity contribution in [2.75, 3.05) is 24.7 Å². The third-order valence-electron chi connectivity index (χ3n) is 4.27. The molecule has 0 spiro atoms. The predicted octanol–water partition coefficient (Wildman–Crippen LogP) is 3.54. The number of hydrogen-bond acceptors (Lipinski definition) is 7. The van der Waals surface area contributed by atoms with E-state index in [0.29, 0.717) is 53.6 Å². The molecule has 0 saturated heterocycles. The van der Waals surface area contributed by atoms with Crippen molar-refractivity contribution in [1.82, 2.24) is 9.97 Å². The van der Waals surface area contributed by atoms with Gasteiger partial charge in [-0.25, -0.2) is 9.37 Å². The number of nitrogens with two attached hydrogens (primary N) is 2. The molecule has 1 aromatic heterocycles. The lowest BCUT2D eigenvalue weighted by Gasteiger charge is -2.18. The summed E-state index contributed by atoms with van der Waals surface area (Å²) in [7, 11) is 0. The fourth-order valence-corrected chi connectivity index (χ4v) is 3.02. The summed E-state index contributed by atoms with van der Waals surface area (Å²) < 4.78 is 25.6. The third-order valence-corrected chi connectivity index (χ3v) is 4.27. The van der Waals surface area contributed by atoms with Gasteiger partial charge in [-0.05, 0) is 49.2 Å². The molecule has 3 aromatic rings. The van der Waals surface area contributed by atoms with E-state index in [1.165, 1.54) is 12.1 Å². The lowest BCUT2D eigenvalue weighted by molar-refractivity contribution is 0.325. The van der Waals surface area contributed by atoms with Crippen LogP contribution < -0.4 is 20.9 Å². The molecule has 0 aliphatic rings. The minimum absolute atomic E-state index is 0.112. The van der Waals surface area contributed by atoms with Crippen LogP contribution in [0, 0.1) is 5.82 Å². The number of halogens is 1. The highest BCUT2D eigenvalue weighted by Crippen LogP contribution is 2.41. The van der Waals surface area contributed by atoms with Crippen molar-refractivity contribution >= 4 is 11.8 Å². The summed E-state index contributed by atoms with van der Waals surface area (Å²) in [4.78, 5) is 7.98. The molecule has 8 heteroatoms.